The van der Waals surface area contributed by atoms with Crippen LogP contribution >= 0.6 is 22.6 Å². The second kappa shape index (κ2) is 8.23. The first kappa shape index (κ1) is 16.1. The standard InChI is InChI=1S/C17H25IO2/c1-3-13-5-4-6-16(11-13)20-17(12-18)14-7-9-15(19-2)10-8-14/h7-10,13,16-17H,3-6,11-12H2,1-2H3. The van der Waals surface area contributed by atoms with Crippen molar-refractivity contribution in [2.45, 2.75) is 51.2 Å². The van der Waals surface area contributed by atoms with E-state index in [-0.39, 0.29) is 6.10 Å². The number of hydrogen-bond donors (Lipinski definition) is 0. The van der Waals surface area contributed by atoms with Crippen LogP contribution in [-0.2, 0) is 4.74 Å². The Morgan fingerprint density at radius 1 is 1.25 bits per heavy atom. The van der Waals surface area contributed by atoms with Gasteiger partial charge in [0.25, 0.3) is 0 Å². The van der Waals surface area contributed by atoms with Gasteiger partial charge in [-0.2, -0.15) is 0 Å². The Labute approximate surface area is 136 Å². The van der Waals surface area contributed by atoms with Gasteiger partial charge in [0.1, 0.15) is 5.75 Å². The number of alkyl halides is 1. The van der Waals surface area contributed by atoms with E-state index in [4.69, 9.17) is 9.47 Å². The van der Waals surface area contributed by atoms with Crippen molar-refractivity contribution >= 4 is 22.6 Å². The van der Waals surface area contributed by atoms with Gasteiger partial charge in [-0.05, 0) is 36.5 Å². The summed E-state index contributed by atoms with van der Waals surface area (Å²) in [5, 5.41) is 0. The Hall–Kier alpha value is -0.290. The van der Waals surface area contributed by atoms with Crippen LogP contribution in [0.4, 0.5) is 0 Å². The summed E-state index contributed by atoms with van der Waals surface area (Å²) in [6, 6.07) is 8.30. The quantitative estimate of drug-likeness (QED) is 0.495. The van der Waals surface area contributed by atoms with Crippen LogP contribution in [-0.4, -0.2) is 17.6 Å². The van der Waals surface area contributed by atoms with Gasteiger partial charge >= 0.3 is 0 Å². The molecule has 0 N–H and O–H groups in total. The van der Waals surface area contributed by atoms with Crippen molar-refractivity contribution in [3.63, 3.8) is 0 Å². The summed E-state index contributed by atoms with van der Waals surface area (Å²) in [6.07, 6.45) is 7.10. The molecule has 112 valence electrons. The Morgan fingerprint density at radius 3 is 2.60 bits per heavy atom. The van der Waals surface area contributed by atoms with E-state index in [9.17, 15) is 0 Å². The molecule has 0 spiro atoms. The average molecular weight is 388 g/mol. The van der Waals surface area contributed by atoms with Crippen LogP contribution in [0.25, 0.3) is 0 Å². The molecule has 20 heavy (non-hydrogen) atoms. The van der Waals surface area contributed by atoms with Crippen molar-refractivity contribution in [1.82, 2.24) is 0 Å². The molecule has 1 saturated carbocycles. The highest BCUT2D eigenvalue weighted by atomic mass is 127. The fraction of sp³-hybridized carbons (Fsp3) is 0.647. The summed E-state index contributed by atoms with van der Waals surface area (Å²) in [5.74, 6) is 1.77. The molecule has 3 unspecified atom stereocenters. The van der Waals surface area contributed by atoms with Gasteiger partial charge in [-0.15, -0.1) is 0 Å². The number of halogens is 1. The van der Waals surface area contributed by atoms with E-state index >= 15 is 0 Å². The first-order valence-electron chi connectivity index (χ1n) is 7.62. The van der Waals surface area contributed by atoms with Gasteiger partial charge in [0.05, 0.1) is 19.3 Å². The minimum absolute atomic E-state index is 0.210. The summed E-state index contributed by atoms with van der Waals surface area (Å²) in [4.78, 5) is 0. The fourth-order valence-corrected chi connectivity index (χ4v) is 3.71. The second-order valence-electron chi connectivity index (χ2n) is 5.62. The topological polar surface area (TPSA) is 18.5 Å². The van der Waals surface area contributed by atoms with Crippen LogP contribution in [0.5, 0.6) is 5.75 Å². The van der Waals surface area contributed by atoms with Gasteiger partial charge in [0, 0.05) is 4.43 Å². The molecular weight excluding hydrogens is 363 g/mol. The van der Waals surface area contributed by atoms with Gasteiger partial charge in [0.15, 0.2) is 0 Å². The van der Waals surface area contributed by atoms with Crippen molar-refractivity contribution in [3.8, 4) is 5.75 Å². The average Bonchev–Trinajstić information content (AvgIpc) is 2.53. The zero-order chi connectivity index (χ0) is 14.4. The van der Waals surface area contributed by atoms with E-state index in [1.807, 2.05) is 12.1 Å². The zero-order valence-corrected chi connectivity index (χ0v) is 14.6. The van der Waals surface area contributed by atoms with Gasteiger partial charge in [-0.25, -0.2) is 0 Å². The molecule has 0 aromatic heterocycles. The number of benzene rings is 1. The lowest BCUT2D eigenvalue weighted by molar-refractivity contribution is -0.0305. The maximum atomic E-state index is 6.38. The highest BCUT2D eigenvalue weighted by Gasteiger charge is 2.24. The SMILES string of the molecule is CCC1CCCC(OC(CI)c2ccc(OC)cc2)C1. The van der Waals surface area contributed by atoms with Crippen LogP contribution < -0.4 is 4.74 Å². The molecule has 1 aliphatic carbocycles. The molecule has 3 atom stereocenters. The summed E-state index contributed by atoms with van der Waals surface area (Å²) >= 11 is 2.43. The van der Waals surface area contributed by atoms with E-state index in [1.165, 1.54) is 37.7 Å². The van der Waals surface area contributed by atoms with Gasteiger partial charge in [-0.1, -0.05) is 60.9 Å². The van der Waals surface area contributed by atoms with E-state index < -0.39 is 0 Å². The predicted molar refractivity (Wildman–Crippen MR) is 91.7 cm³/mol. The molecule has 1 aliphatic rings. The van der Waals surface area contributed by atoms with Crippen molar-refractivity contribution in [3.05, 3.63) is 29.8 Å². The third kappa shape index (κ3) is 4.35. The molecule has 0 amide bonds. The summed E-state index contributed by atoms with van der Waals surface area (Å²) < 4.78 is 12.6. The fourth-order valence-electron chi connectivity index (χ4n) is 2.99. The lowest BCUT2D eigenvalue weighted by atomic mass is 9.85. The predicted octanol–water partition coefficient (Wildman–Crippen LogP) is 5.16. The highest BCUT2D eigenvalue weighted by Crippen LogP contribution is 2.32. The summed E-state index contributed by atoms with van der Waals surface area (Å²) in [7, 11) is 1.70. The lowest BCUT2D eigenvalue weighted by Gasteiger charge is -2.31. The maximum Gasteiger partial charge on any atom is 0.118 e. The molecule has 1 aromatic carbocycles. The van der Waals surface area contributed by atoms with Crippen LogP contribution in [0.15, 0.2) is 24.3 Å². The monoisotopic (exact) mass is 388 g/mol. The van der Waals surface area contributed by atoms with E-state index in [0.717, 1.165) is 16.1 Å². The Morgan fingerprint density at radius 2 is 2.00 bits per heavy atom. The van der Waals surface area contributed by atoms with E-state index in [0.29, 0.717) is 6.10 Å². The Kier molecular flexibility index (Phi) is 6.62. The lowest BCUT2D eigenvalue weighted by Crippen LogP contribution is -2.25. The zero-order valence-electron chi connectivity index (χ0n) is 12.5. The van der Waals surface area contributed by atoms with Crippen molar-refractivity contribution in [1.29, 1.82) is 0 Å². The van der Waals surface area contributed by atoms with Gasteiger partial charge in [0.2, 0.25) is 0 Å². The largest absolute Gasteiger partial charge is 0.497 e. The number of methoxy groups -OCH3 is 1. The molecule has 2 rings (SSSR count). The maximum absolute atomic E-state index is 6.38. The normalized spacial score (nSPS) is 24.4. The van der Waals surface area contributed by atoms with Crippen LogP contribution in [0.2, 0.25) is 0 Å². The Bertz CT molecular complexity index is 390. The molecule has 0 heterocycles. The number of rotatable bonds is 6. The number of ether oxygens (including phenoxy) is 2. The first-order valence-corrected chi connectivity index (χ1v) is 9.14. The third-order valence-corrected chi connectivity index (χ3v) is 5.10. The van der Waals surface area contributed by atoms with Crippen LogP contribution in [0.1, 0.15) is 50.7 Å². The van der Waals surface area contributed by atoms with Crippen LogP contribution in [0.3, 0.4) is 0 Å². The first-order chi connectivity index (χ1) is 9.76. The molecular formula is C17H25IO2. The molecule has 1 fully saturated rings. The van der Waals surface area contributed by atoms with Crippen molar-refractivity contribution in [2.75, 3.05) is 11.5 Å². The molecule has 0 aliphatic heterocycles. The smallest absolute Gasteiger partial charge is 0.118 e. The minimum atomic E-state index is 0.210. The number of hydrogen-bond acceptors (Lipinski definition) is 2. The van der Waals surface area contributed by atoms with E-state index in [2.05, 4.69) is 41.6 Å². The minimum Gasteiger partial charge on any atom is -0.497 e. The van der Waals surface area contributed by atoms with Crippen molar-refractivity contribution < 1.29 is 9.47 Å². The van der Waals surface area contributed by atoms with Gasteiger partial charge in [-0.3, -0.25) is 0 Å². The summed E-state index contributed by atoms with van der Waals surface area (Å²) in [5.41, 5.74) is 1.26. The van der Waals surface area contributed by atoms with E-state index in [1.54, 1.807) is 7.11 Å². The molecule has 3 heteroatoms. The molecule has 0 radical (unpaired) electrons. The molecule has 0 bridgehead atoms. The van der Waals surface area contributed by atoms with Crippen molar-refractivity contribution in [2.24, 2.45) is 5.92 Å². The second-order valence-corrected chi connectivity index (χ2v) is 6.50. The molecule has 0 saturated heterocycles. The van der Waals surface area contributed by atoms with Crippen LogP contribution in [0, 0.1) is 5.92 Å². The third-order valence-electron chi connectivity index (χ3n) is 4.30. The molecule has 2 nitrogen and oxygen atoms in total. The van der Waals surface area contributed by atoms with Gasteiger partial charge < -0.3 is 9.47 Å². The Balaban J connectivity index is 1.97. The molecule has 1 aromatic rings. The highest BCUT2D eigenvalue weighted by molar-refractivity contribution is 14.1. The summed E-state index contributed by atoms with van der Waals surface area (Å²) in [6.45, 7) is 2.30.